The zero-order chi connectivity index (χ0) is 66.8. The van der Waals surface area contributed by atoms with Gasteiger partial charge in [0.2, 0.25) is 17.7 Å². The van der Waals surface area contributed by atoms with Crippen molar-refractivity contribution < 1.29 is 66.7 Å². The number of esters is 3. The first kappa shape index (κ1) is 71.9. The molecule has 0 aromatic heterocycles. The normalized spacial score (nSPS) is 16.4. The van der Waals surface area contributed by atoms with Gasteiger partial charge in [-0.3, -0.25) is 14.4 Å². The van der Waals surface area contributed by atoms with Gasteiger partial charge in [0.25, 0.3) is 0 Å². The highest BCUT2D eigenvalue weighted by molar-refractivity contribution is 6.42. The number of halogens is 6. The van der Waals surface area contributed by atoms with E-state index in [-0.39, 0.29) is 56.8 Å². The van der Waals surface area contributed by atoms with Crippen LogP contribution in [-0.4, -0.2) is 107 Å². The van der Waals surface area contributed by atoms with Crippen LogP contribution in [0.5, 0.6) is 17.2 Å². The molecule has 9 rings (SSSR count). The number of ether oxygens (including phenoxy) is 8. The van der Waals surface area contributed by atoms with Gasteiger partial charge in [0.15, 0.2) is 0 Å². The van der Waals surface area contributed by atoms with E-state index in [9.17, 15) is 28.8 Å². The summed E-state index contributed by atoms with van der Waals surface area (Å²) < 4.78 is 43.1. The van der Waals surface area contributed by atoms with Crippen molar-refractivity contribution in [2.24, 2.45) is 0 Å². The Labute approximate surface area is 564 Å². The molecule has 3 aliphatic heterocycles. The third kappa shape index (κ3) is 18.2. The molecule has 23 heteroatoms. The zero-order valence-electron chi connectivity index (χ0n) is 51.8. The van der Waals surface area contributed by atoms with Crippen LogP contribution in [0.4, 0.5) is 0 Å². The highest BCUT2D eigenvalue weighted by Gasteiger charge is 2.40. The summed E-state index contributed by atoms with van der Waals surface area (Å²) in [5.41, 5.74) is 6.97. The molecule has 17 nitrogen and oxygen atoms in total. The molecule has 486 valence electrons. The van der Waals surface area contributed by atoms with Crippen LogP contribution in [0.3, 0.4) is 0 Å². The summed E-state index contributed by atoms with van der Waals surface area (Å²) in [6.07, 6.45) is 0.289. The summed E-state index contributed by atoms with van der Waals surface area (Å²) in [6.45, 7) is 6.67. The smallest absolute Gasteiger partial charge is 0.336 e. The predicted molar refractivity (Wildman–Crippen MR) is 353 cm³/mol. The van der Waals surface area contributed by atoms with E-state index in [1.807, 2.05) is 54.6 Å². The first-order valence-electron chi connectivity index (χ1n) is 28.9. The highest BCUT2D eigenvalue weighted by atomic mass is 35.5. The van der Waals surface area contributed by atoms with Crippen LogP contribution < -0.4 is 19.5 Å². The maximum absolute atomic E-state index is 13.3. The number of hydrogen-bond donors (Lipinski definition) is 1. The number of allylic oxidation sites excluding steroid dienone is 3. The van der Waals surface area contributed by atoms with Crippen molar-refractivity contribution in [2.45, 2.75) is 77.6 Å². The molecule has 0 aliphatic carbocycles. The number of para-hydroxylation sites is 3. The van der Waals surface area contributed by atoms with Gasteiger partial charge >= 0.3 is 17.9 Å². The second-order valence-electron chi connectivity index (χ2n) is 21.1. The summed E-state index contributed by atoms with van der Waals surface area (Å²) in [5, 5.41) is 5.22. The lowest BCUT2D eigenvalue weighted by atomic mass is 9.83. The number of carbonyl (C=O) groups is 6. The number of benzene rings is 6. The number of carbonyl (C=O) groups excluding carboxylic acids is 6. The second-order valence-corrected chi connectivity index (χ2v) is 23.6. The van der Waals surface area contributed by atoms with Crippen LogP contribution in [0.25, 0.3) is 0 Å². The molecular weight excluding hydrogens is 1310 g/mol. The lowest BCUT2D eigenvalue weighted by Gasteiger charge is -2.34. The lowest BCUT2D eigenvalue weighted by Crippen LogP contribution is -2.40. The first-order valence-corrected chi connectivity index (χ1v) is 31.1. The SMILES string of the molecule is COCCN1C(=O)CC(c2ccc(Cl)c(Cl)c2)C(C(=O)OCc2ccccc2OC)=C1C.COCCN1C(=O)CC(c2ccc(Cl)cc2Cl)C(C(=O)OCc2ccccc2OC)=C1C.COc1ccccc1COC(=O)C1=C(C)NC(=O)CC1c1ccc(Cl)cc1Cl. The van der Waals surface area contributed by atoms with E-state index >= 15 is 0 Å². The Morgan fingerprint density at radius 3 is 1.25 bits per heavy atom. The Morgan fingerprint density at radius 2 is 0.848 bits per heavy atom. The summed E-state index contributed by atoms with van der Waals surface area (Å²) in [6, 6.07) is 37.1. The topological polar surface area (TPSA) is 195 Å². The fraction of sp³-hybridized carbons (Fsp3) is 0.304. The van der Waals surface area contributed by atoms with Gasteiger partial charge in [0.05, 0.1) is 61.3 Å². The van der Waals surface area contributed by atoms with Crippen molar-refractivity contribution in [3.05, 3.63) is 225 Å². The third-order valence-corrected chi connectivity index (χ3v) is 17.4. The molecule has 0 fully saturated rings. The van der Waals surface area contributed by atoms with Crippen molar-refractivity contribution in [1.82, 2.24) is 15.1 Å². The van der Waals surface area contributed by atoms with Gasteiger partial charge in [-0.1, -0.05) is 142 Å². The molecule has 0 saturated heterocycles. The van der Waals surface area contributed by atoms with Crippen molar-refractivity contribution in [3.8, 4) is 17.2 Å². The van der Waals surface area contributed by atoms with E-state index in [4.69, 9.17) is 108 Å². The second kappa shape index (κ2) is 34.4. The van der Waals surface area contributed by atoms with Crippen LogP contribution in [-0.2, 0) is 72.3 Å². The van der Waals surface area contributed by atoms with E-state index in [1.165, 1.54) is 0 Å². The average molecular weight is 1380 g/mol. The van der Waals surface area contributed by atoms with E-state index in [0.717, 1.165) is 22.3 Å². The molecule has 3 heterocycles. The minimum Gasteiger partial charge on any atom is -0.496 e. The van der Waals surface area contributed by atoms with Crippen LogP contribution in [0.15, 0.2) is 161 Å². The molecule has 3 aliphatic rings. The Kier molecular flexibility index (Phi) is 26.8. The Bertz CT molecular complexity index is 3800. The third-order valence-electron chi connectivity index (χ3n) is 15.5. The van der Waals surface area contributed by atoms with E-state index < -0.39 is 35.7 Å². The predicted octanol–water partition coefficient (Wildman–Crippen LogP) is 14.6. The summed E-state index contributed by atoms with van der Waals surface area (Å²) in [7, 11) is 7.81. The van der Waals surface area contributed by atoms with Gasteiger partial charge in [-0.2, -0.15) is 0 Å². The number of amides is 3. The van der Waals surface area contributed by atoms with Crippen molar-refractivity contribution in [3.63, 3.8) is 0 Å². The maximum atomic E-state index is 13.3. The molecule has 6 aromatic carbocycles. The molecule has 3 atom stereocenters. The molecule has 3 unspecified atom stereocenters. The largest absolute Gasteiger partial charge is 0.496 e. The number of nitrogens with zero attached hydrogens (tertiary/aromatic N) is 2. The van der Waals surface area contributed by atoms with Gasteiger partial charge in [0.1, 0.15) is 37.1 Å². The molecule has 0 spiro atoms. The molecule has 0 saturated carbocycles. The van der Waals surface area contributed by atoms with Crippen LogP contribution in [0.2, 0.25) is 30.1 Å². The Balaban J connectivity index is 0.000000196. The minimum absolute atomic E-state index is 0.0344. The Morgan fingerprint density at radius 1 is 0.457 bits per heavy atom. The maximum Gasteiger partial charge on any atom is 0.336 e. The van der Waals surface area contributed by atoms with Gasteiger partial charge in [-0.15, -0.1) is 0 Å². The van der Waals surface area contributed by atoms with Gasteiger partial charge in [-0.25, -0.2) is 14.4 Å². The van der Waals surface area contributed by atoms with Gasteiger partial charge in [-0.05, 0) is 92.1 Å². The van der Waals surface area contributed by atoms with Gasteiger partial charge in [0, 0.05) is 118 Å². The molecule has 3 amide bonds. The average Bonchev–Trinajstić information content (AvgIpc) is 0.796. The standard InChI is InChI=1S/2C24H25Cl2NO5.C21H19Cl2NO4/c1-15-23(24(29)32-14-17-6-4-5-7-21(17)31-3)18(13-22(28)27(15)10-11-30-2)16-8-9-19(25)20(26)12-16;1-15-23(24(29)32-14-16-6-4-5-7-21(16)31-3)19(13-22(28)27(15)10-11-30-2)18-9-8-17(25)12-20(18)26;1-12-20(21(26)28-11-13-5-3-4-6-18(13)27-2)16(10-19(25)24-12)15-8-7-14(22)9-17(15)23/h4-9,12,18H,10-11,13-14H2,1-3H3;4-9,12,19H,10-11,13-14H2,1-3H3;3-9,16H,10-11H2,1-2H3,(H,24,25). The number of nitrogens with one attached hydrogen (secondary N) is 1. The van der Waals surface area contributed by atoms with Crippen LogP contribution in [0, 0.1) is 0 Å². The molecular formula is C69H69Cl6N3O14. The Hall–Kier alpha value is -7.58. The van der Waals surface area contributed by atoms with E-state index in [1.54, 1.807) is 139 Å². The van der Waals surface area contributed by atoms with Crippen LogP contribution >= 0.6 is 69.6 Å². The molecule has 6 aromatic rings. The van der Waals surface area contributed by atoms with E-state index in [0.29, 0.717) is 119 Å². The minimum atomic E-state index is -0.545. The molecule has 92 heavy (non-hydrogen) atoms. The quantitative estimate of drug-likeness (QED) is 0.0528. The highest BCUT2D eigenvalue weighted by Crippen LogP contribution is 2.43. The lowest BCUT2D eigenvalue weighted by molar-refractivity contribution is -0.143. The molecule has 0 bridgehead atoms. The summed E-state index contributed by atoms with van der Waals surface area (Å²) in [4.78, 5) is 80.5. The van der Waals surface area contributed by atoms with Crippen molar-refractivity contribution in [2.75, 3.05) is 61.9 Å². The first-order chi connectivity index (χ1) is 44.1. The summed E-state index contributed by atoms with van der Waals surface area (Å²) >= 11 is 37.1. The van der Waals surface area contributed by atoms with Crippen molar-refractivity contribution >= 4 is 105 Å². The zero-order valence-corrected chi connectivity index (χ0v) is 56.3. The van der Waals surface area contributed by atoms with Crippen molar-refractivity contribution in [1.29, 1.82) is 0 Å². The number of methoxy groups -OCH3 is 5. The number of hydrogen-bond acceptors (Lipinski definition) is 14. The monoisotopic (exact) mass is 1370 g/mol. The number of rotatable bonds is 21. The summed E-state index contributed by atoms with van der Waals surface area (Å²) in [5.74, 6) is -1.59. The van der Waals surface area contributed by atoms with Crippen LogP contribution in [0.1, 0.15) is 91.2 Å². The van der Waals surface area contributed by atoms with Gasteiger partial charge < -0.3 is 53.0 Å². The fourth-order valence-electron chi connectivity index (χ4n) is 10.9. The molecule has 0 radical (unpaired) electrons. The fourth-order valence-corrected chi connectivity index (χ4v) is 12.3. The van der Waals surface area contributed by atoms with E-state index in [2.05, 4.69) is 5.32 Å². The molecule has 1 N–H and O–H groups in total.